The lowest BCUT2D eigenvalue weighted by atomic mass is 10.2. The third-order valence-electron chi connectivity index (χ3n) is 3.19. The number of aryl methyl sites for hydroxylation is 1. The first-order valence-electron chi connectivity index (χ1n) is 6.00. The molecule has 20 heavy (non-hydrogen) atoms. The third kappa shape index (κ3) is 1.38. The zero-order chi connectivity index (χ0) is 13.7. The first kappa shape index (κ1) is 10.9. The van der Waals surface area contributed by atoms with Crippen LogP contribution in [0.3, 0.4) is 0 Å². The number of nitrogens with one attached hydrogen (secondary N) is 2. The second kappa shape index (κ2) is 3.73. The lowest BCUT2D eigenvalue weighted by Gasteiger charge is -2.09. The standard InChI is InChI=1S/C12H9N7O/c1-6-9-10(19-12(13-6)16-17-18-19)14-7-4-2-3-5-8(7)15-11(9)20/h2-5,14H,1H3,(H,15,20). The molecule has 8 heteroatoms. The molecule has 0 fully saturated rings. The van der Waals surface area contributed by atoms with Gasteiger partial charge in [-0.05, 0) is 29.5 Å². The average Bonchev–Trinajstić information content (AvgIpc) is 2.82. The molecule has 1 aliphatic heterocycles. The van der Waals surface area contributed by atoms with Gasteiger partial charge in [-0.2, -0.15) is 4.52 Å². The van der Waals surface area contributed by atoms with Crippen molar-refractivity contribution in [1.29, 1.82) is 0 Å². The Bertz CT molecular complexity index is 854. The van der Waals surface area contributed by atoms with Crippen molar-refractivity contribution in [2.75, 3.05) is 10.6 Å². The molecule has 0 spiro atoms. The molecule has 0 radical (unpaired) electrons. The highest BCUT2D eigenvalue weighted by Gasteiger charge is 2.25. The smallest absolute Gasteiger partial charge is 0.275 e. The van der Waals surface area contributed by atoms with Gasteiger partial charge >= 0.3 is 0 Å². The predicted octanol–water partition coefficient (Wildman–Crippen LogP) is 1.14. The van der Waals surface area contributed by atoms with E-state index in [9.17, 15) is 4.79 Å². The largest absolute Gasteiger partial charge is 0.338 e. The maximum Gasteiger partial charge on any atom is 0.275 e. The lowest BCUT2D eigenvalue weighted by molar-refractivity contribution is 0.102. The molecule has 1 aliphatic rings. The minimum absolute atomic E-state index is 0.236. The number of fused-ring (bicyclic) bond motifs is 4. The second-order valence-corrected chi connectivity index (χ2v) is 4.44. The Morgan fingerprint density at radius 1 is 1.15 bits per heavy atom. The van der Waals surface area contributed by atoms with E-state index in [4.69, 9.17) is 0 Å². The van der Waals surface area contributed by atoms with Crippen molar-refractivity contribution in [3.05, 3.63) is 35.5 Å². The van der Waals surface area contributed by atoms with Crippen LogP contribution in [0.2, 0.25) is 0 Å². The maximum absolute atomic E-state index is 12.4. The van der Waals surface area contributed by atoms with Gasteiger partial charge in [-0.1, -0.05) is 17.2 Å². The topological polar surface area (TPSA) is 97.1 Å². The van der Waals surface area contributed by atoms with Gasteiger partial charge in [-0.25, -0.2) is 4.98 Å². The van der Waals surface area contributed by atoms with E-state index in [1.165, 1.54) is 4.52 Å². The van der Waals surface area contributed by atoms with Crippen LogP contribution >= 0.6 is 0 Å². The average molecular weight is 267 g/mol. The van der Waals surface area contributed by atoms with Gasteiger partial charge in [0, 0.05) is 0 Å². The van der Waals surface area contributed by atoms with Crippen molar-refractivity contribution in [3.8, 4) is 0 Å². The molecule has 8 nitrogen and oxygen atoms in total. The quantitative estimate of drug-likeness (QED) is 0.634. The van der Waals surface area contributed by atoms with Crippen LogP contribution in [-0.4, -0.2) is 30.9 Å². The summed E-state index contributed by atoms with van der Waals surface area (Å²) >= 11 is 0. The summed E-state index contributed by atoms with van der Waals surface area (Å²) in [4.78, 5) is 16.6. The maximum atomic E-state index is 12.4. The highest BCUT2D eigenvalue weighted by molar-refractivity contribution is 6.12. The summed E-state index contributed by atoms with van der Waals surface area (Å²) in [5, 5.41) is 17.3. The normalized spacial score (nSPS) is 13.2. The minimum atomic E-state index is -0.236. The number of rotatable bonds is 0. The van der Waals surface area contributed by atoms with E-state index in [1.54, 1.807) is 6.92 Å². The molecule has 3 heterocycles. The molecular formula is C12H9N7O. The summed E-state index contributed by atoms with van der Waals surface area (Å²) in [5.74, 6) is 0.626. The van der Waals surface area contributed by atoms with E-state index in [0.717, 1.165) is 5.69 Å². The molecule has 4 rings (SSSR count). The van der Waals surface area contributed by atoms with E-state index < -0.39 is 0 Å². The molecule has 0 bridgehead atoms. The zero-order valence-corrected chi connectivity index (χ0v) is 10.5. The van der Waals surface area contributed by atoms with Gasteiger partial charge in [0.1, 0.15) is 5.56 Å². The number of hydrogen-bond acceptors (Lipinski definition) is 6. The molecule has 0 saturated carbocycles. The summed E-state index contributed by atoms with van der Waals surface area (Å²) in [6.07, 6.45) is 0. The van der Waals surface area contributed by atoms with Crippen molar-refractivity contribution in [2.24, 2.45) is 0 Å². The minimum Gasteiger partial charge on any atom is -0.338 e. The first-order valence-corrected chi connectivity index (χ1v) is 6.00. The molecular weight excluding hydrogens is 258 g/mol. The van der Waals surface area contributed by atoms with E-state index in [1.807, 2.05) is 24.3 Å². The number of amides is 1. The predicted molar refractivity (Wildman–Crippen MR) is 71.0 cm³/mol. The van der Waals surface area contributed by atoms with Crippen molar-refractivity contribution in [1.82, 2.24) is 25.0 Å². The molecule has 2 N–H and O–H groups in total. The van der Waals surface area contributed by atoms with Gasteiger partial charge in [0.15, 0.2) is 5.82 Å². The van der Waals surface area contributed by atoms with Crippen LogP contribution in [0.4, 0.5) is 17.2 Å². The van der Waals surface area contributed by atoms with Crippen molar-refractivity contribution in [2.45, 2.75) is 6.92 Å². The Balaban J connectivity index is 2.07. The summed E-state index contributed by atoms with van der Waals surface area (Å²) in [7, 11) is 0. The van der Waals surface area contributed by atoms with Gasteiger partial charge in [-0.15, -0.1) is 0 Å². The number of anilines is 3. The van der Waals surface area contributed by atoms with E-state index in [2.05, 4.69) is 31.1 Å². The van der Waals surface area contributed by atoms with E-state index >= 15 is 0 Å². The number of carbonyl (C=O) groups is 1. The number of carbonyl (C=O) groups excluding carboxylic acids is 1. The van der Waals surface area contributed by atoms with E-state index in [0.29, 0.717) is 28.5 Å². The fraction of sp³-hybridized carbons (Fsp3) is 0.0833. The molecule has 1 amide bonds. The fourth-order valence-corrected chi connectivity index (χ4v) is 2.28. The lowest BCUT2D eigenvalue weighted by Crippen LogP contribution is -2.15. The summed E-state index contributed by atoms with van der Waals surface area (Å²) in [6.45, 7) is 1.75. The molecule has 3 aromatic rings. The Hall–Kier alpha value is -3.03. The summed E-state index contributed by atoms with van der Waals surface area (Å²) in [5.41, 5.74) is 2.48. The van der Waals surface area contributed by atoms with Crippen LogP contribution in [0.15, 0.2) is 24.3 Å². The number of benzene rings is 1. The monoisotopic (exact) mass is 267 g/mol. The molecule has 98 valence electrons. The van der Waals surface area contributed by atoms with Crippen molar-refractivity contribution >= 4 is 28.9 Å². The Kier molecular flexibility index (Phi) is 2.02. The van der Waals surface area contributed by atoms with Gasteiger partial charge in [0.2, 0.25) is 0 Å². The summed E-state index contributed by atoms with van der Waals surface area (Å²) < 4.78 is 1.42. The number of tetrazole rings is 1. The highest BCUT2D eigenvalue weighted by Crippen LogP contribution is 2.32. The molecule has 0 aliphatic carbocycles. The highest BCUT2D eigenvalue weighted by atomic mass is 16.1. The molecule has 2 aromatic heterocycles. The van der Waals surface area contributed by atoms with Gasteiger partial charge in [-0.3, -0.25) is 4.79 Å². The van der Waals surface area contributed by atoms with Crippen LogP contribution < -0.4 is 10.6 Å². The molecule has 0 saturated heterocycles. The van der Waals surface area contributed by atoms with Crippen LogP contribution in [0, 0.1) is 6.92 Å². The molecule has 0 unspecified atom stereocenters. The van der Waals surface area contributed by atoms with Crippen LogP contribution in [0.25, 0.3) is 5.78 Å². The van der Waals surface area contributed by atoms with E-state index in [-0.39, 0.29) is 5.91 Å². The first-order chi connectivity index (χ1) is 9.74. The second-order valence-electron chi connectivity index (χ2n) is 4.44. The zero-order valence-electron chi connectivity index (χ0n) is 10.5. The Morgan fingerprint density at radius 3 is 2.70 bits per heavy atom. The van der Waals surface area contributed by atoms with Gasteiger partial charge in [0.05, 0.1) is 17.1 Å². The van der Waals surface area contributed by atoms with Crippen LogP contribution in [-0.2, 0) is 0 Å². The Morgan fingerprint density at radius 2 is 1.90 bits per heavy atom. The molecule has 1 aromatic carbocycles. The third-order valence-corrected chi connectivity index (χ3v) is 3.19. The Labute approximate surface area is 112 Å². The van der Waals surface area contributed by atoms with Crippen LogP contribution in [0.5, 0.6) is 0 Å². The SMILES string of the molecule is Cc1nc2nnnn2c2c1C(=O)Nc1ccccc1N2. The number of aromatic nitrogens is 5. The van der Waals surface area contributed by atoms with Gasteiger partial charge < -0.3 is 10.6 Å². The van der Waals surface area contributed by atoms with Gasteiger partial charge in [0.25, 0.3) is 11.7 Å². The van der Waals surface area contributed by atoms with Crippen molar-refractivity contribution < 1.29 is 4.79 Å². The fourth-order valence-electron chi connectivity index (χ4n) is 2.28. The van der Waals surface area contributed by atoms with Crippen LogP contribution in [0.1, 0.15) is 16.1 Å². The van der Waals surface area contributed by atoms with Crippen molar-refractivity contribution in [3.63, 3.8) is 0 Å². The summed E-state index contributed by atoms with van der Waals surface area (Å²) in [6, 6.07) is 7.44. The number of para-hydroxylation sites is 2. The number of hydrogen-bond donors (Lipinski definition) is 2. The molecule has 0 atom stereocenters. The number of nitrogens with zero attached hydrogens (tertiary/aromatic N) is 5.